The number of alkyl halides is 3. The smallest absolute Gasteiger partial charge is 0.389 e. The number of carbonyl (C=O) groups is 1. The van der Waals surface area contributed by atoms with Crippen molar-refractivity contribution in [3.8, 4) is 0 Å². The maximum Gasteiger partial charge on any atom is 0.389 e. The van der Waals surface area contributed by atoms with E-state index in [4.69, 9.17) is 5.11 Å². The maximum absolute atomic E-state index is 11.8. The summed E-state index contributed by atoms with van der Waals surface area (Å²) < 4.78 is 35.5. The van der Waals surface area contributed by atoms with Gasteiger partial charge < -0.3 is 10.4 Å². The Hall–Kier alpha value is -0.430. The summed E-state index contributed by atoms with van der Waals surface area (Å²) in [6, 6.07) is -0.347. The second-order valence-electron chi connectivity index (χ2n) is 3.43. The summed E-state index contributed by atoms with van der Waals surface area (Å²) in [7, 11) is 0. The number of carbonyl (C=O) groups excluding carboxylic acids is 1. The highest BCUT2D eigenvalue weighted by molar-refractivity contribution is 7.99. The van der Waals surface area contributed by atoms with Crippen LogP contribution in [0, 0.1) is 0 Å². The summed E-state index contributed by atoms with van der Waals surface area (Å²) in [5.74, 6) is -0.641. The maximum atomic E-state index is 11.8. The third-order valence-electron chi connectivity index (χ3n) is 2.06. The molecule has 0 aromatic rings. The zero-order valence-electron chi connectivity index (χ0n) is 9.17. The van der Waals surface area contributed by atoms with E-state index in [0.717, 1.165) is 0 Å². The molecule has 0 aromatic heterocycles. The Morgan fingerprint density at radius 2 is 2.06 bits per heavy atom. The van der Waals surface area contributed by atoms with Crippen LogP contribution in [0.2, 0.25) is 0 Å². The third kappa shape index (κ3) is 6.95. The van der Waals surface area contributed by atoms with Gasteiger partial charge in [-0.3, -0.25) is 4.79 Å². The van der Waals surface area contributed by atoms with Crippen LogP contribution in [0.25, 0.3) is 0 Å². The molecule has 3 nitrogen and oxygen atoms in total. The molecule has 0 aliphatic heterocycles. The zero-order valence-corrected chi connectivity index (χ0v) is 9.99. The lowest BCUT2D eigenvalue weighted by atomic mass is 10.2. The summed E-state index contributed by atoms with van der Waals surface area (Å²) in [5, 5.41) is 11.2. The van der Waals surface area contributed by atoms with Crippen molar-refractivity contribution in [2.24, 2.45) is 0 Å². The van der Waals surface area contributed by atoms with Gasteiger partial charge in [0.15, 0.2) is 0 Å². The molecule has 0 rings (SSSR count). The number of hydrogen-bond donors (Lipinski definition) is 2. The summed E-state index contributed by atoms with van der Waals surface area (Å²) in [6.45, 7) is 1.53. The minimum Gasteiger partial charge on any atom is -0.395 e. The normalized spacial score (nSPS) is 15.6. The highest BCUT2D eigenvalue weighted by atomic mass is 32.2. The molecule has 0 aliphatic carbocycles. The van der Waals surface area contributed by atoms with E-state index in [0.29, 0.717) is 0 Å². The molecule has 16 heavy (non-hydrogen) atoms. The fourth-order valence-electron chi connectivity index (χ4n) is 1.11. The number of halogens is 3. The molecule has 0 unspecified atom stereocenters. The first kappa shape index (κ1) is 15.6. The molecule has 0 spiro atoms. The molecule has 0 saturated heterocycles. The van der Waals surface area contributed by atoms with Gasteiger partial charge in [0, 0.05) is 17.7 Å². The van der Waals surface area contributed by atoms with Gasteiger partial charge in [-0.05, 0) is 13.2 Å². The molecule has 2 atom stereocenters. The van der Waals surface area contributed by atoms with Crippen molar-refractivity contribution >= 4 is 17.7 Å². The lowest BCUT2D eigenvalue weighted by Gasteiger charge is -2.21. The highest BCUT2D eigenvalue weighted by Gasteiger charge is 2.28. The van der Waals surface area contributed by atoms with Crippen molar-refractivity contribution in [3.63, 3.8) is 0 Å². The Balaban J connectivity index is 3.95. The molecular formula is C9H16F3NO2S. The van der Waals surface area contributed by atoms with E-state index in [2.05, 4.69) is 5.32 Å². The molecule has 0 fully saturated rings. The first-order chi connectivity index (χ1) is 7.30. The first-order valence-electron chi connectivity index (χ1n) is 4.80. The molecule has 2 N–H and O–H groups in total. The van der Waals surface area contributed by atoms with Crippen LogP contribution >= 0.6 is 11.8 Å². The number of thioether (sulfide) groups is 1. The molecule has 0 radical (unpaired) electrons. The molecule has 7 heteroatoms. The average molecular weight is 259 g/mol. The second-order valence-corrected chi connectivity index (χ2v) is 4.50. The van der Waals surface area contributed by atoms with Crippen LogP contribution in [-0.4, -0.2) is 41.3 Å². The van der Waals surface area contributed by atoms with Gasteiger partial charge >= 0.3 is 6.18 Å². The zero-order chi connectivity index (χ0) is 12.8. The fraction of sp³-hybridized carbons (Fsp3) is 0.889. The topological polar surface area (TPSA) is 49.3 Å². The molecular weight excluding hydrogens is 243 g/mol. The highest BCUT2D eigenvalue weighted by Crippen LogP contribution is 2.21. The lowest BCUT2D eigenvalue weighted by molar-refractivity contribution is -0.144. The standard InChI is InChI=1S/C9H16F3NO2S/c1-6(7(5-14)16-2)13-8(15)3-4-9(10,11)12/h6-7,14H,3-5H2,1-2H3,(H,13,15)/t6-,7-/m0/s1. The van der Waals surface area contributed by atoms with E-state index in [1.54, 1.807) is 13.2 Å². The van der Waals surface area contributed by atoms with Crippen LogP contribution in [-0.2, 0) is 4.79 Å². The third-order valence-corrected chi connectivity index (χ3v) is 3.23. The van der Waals surface area contributed by atoms with Crippen LogP contribution in [0.15, 0.2) is 0 Å². The van der Waals surface area contributed by atoms with E-state index < -0.39 is 24.9 Å². The van der Waals surface area contributed by atoms with Gasteiger partial charge in [0.1, 0.15) is 0 Å². The van der Waals surface area contributed by atoms with Crippen molar-refractivity contribution < 1.29 is 23.1 Å². The van der Waals surface area contributed by atoms with Gasteiger partial charge in [0.2, 0.25) is 5.91 Å². The molecule has 0 saturated carbocycles. The van der Waals surface area contributed by atoms with E-state index in [1.807, 2.05) is 0 Å². The summed E-state index contributed by atoms with van der Waals surface area (Å²) in [6.07, 6.45) is -4.23. The van der Waals surface area contributed by atoms with Gasteiger partial charge in [-0.25, -0.2) is 0 Å². The molecule has 96 valence electrons. The minimum atomic E-state index is -4.31. The van der Waals surface area contributed by atoms with Crippen molar-refractivity contribution in [1.29, 1.82) is 0 Å². The van der Waals surface area contributed by atoms with Gasteiger partial charge in [-0.1, -0.05) is 0 Å². The number of amides is 1. The molecule has 0 bridgehead atoms. The van der Waals surface area contributed by atoms with Gasteiger partial charge in [0.05, 0.1) is 13.0 Å². The predicted molar refractivity (Wildman–Crippen MR) is 57.3 cm³/mol. The van der Waals surface area contributed by atoms with Crippen molar-refractivity contribution in [3.05, 3.63) is 0 Å². The minimum absolute atomic E-state index is 0.123. The fourth-order valence-corrected chi connectivity index (χ4v) is 1.74. The quantitative estimate of drug-likeness (QED) is 0.761. The van der Waals surface area contributed by atoms with Crippen molar-refractivity contribution in [2.45, 2.75) is 37.2 Å². The average Bonchev–Trinajstić information content (AvgIpc) is 2.15. The Morgan fingerprint density at radius 3 is 2.44 bits per heavy atom. The summed E-state index contributed by atoms with van der Waals surface area (Å²) in [5.41, 5.74) is 0. The Kier molecular flexibility index (Phi) is 6.82. The first-order valence-corrected chi connectivity index (χ1v) is 6.08. The largest absolute Gasteiger partial charge is 0.395 e. The summed E-state index contributed by atoms with van der Waals surface area (Å²) in [4.78, 5) is 11.1. The number of aliphatic hydroxyl groups is 1. The van der Waals surface area contributed by atoms with E-state index in [-0.39, 0.29) is 17.9 Å². The van der Waals surface area contributed by atoms with E-state index in [9.17, 15) is 18.0 Å². The lowest BCUT2D eigenvalue weighted by Crippen LogP contribution is -2.41. The Labute approximate surface area is 96.8 Å². The number of hydrogen-bond acceptors (Lipinski definition) is 3. The van der Waals surface area contributed by atoms with E-state index in [1.165, 1.54) is 11.8 Å². The van der Waals surface area contributed by atoms with E-state index >= 15 is 0 Å². The van der Waals surface area contributed by atoms with Crippen molar-refractivity contribution in [1.82, 2.24) is 5.32 Å². The molecule has 0 heterocycles. The van der Waals surface area contributed by atoms with Crippen LogP contribution in [0.5, 0.6) is 0 Å². The van der Waals surface area contributed by atoms with Crippen LogP contribution in [0.1, 0.15) is 19.8 Å². The van der Waals surface area contributed by atoms with Gasteiger partial charge in [-0.15, -0.1) is 0 Å². The van der Waals surface area contributed by atoms with Gasteiger partial charge in [-0.2, -0.15) is 24.9 Å². The molecule has 0 aromatic carbocycles. The second kappa shape index (κ2) is 7.01. The van der Waals surface area contributed by atoms with Crippen LogP contribution in [0.4, 0.5) is 13.2 Å². The number of aliphatic hydroxyl groups excluding tert-OH is 1. The van der Waals surface area contributed by atoms with Gasteiger partial charge in [0.25, 0.3) is 0 Å². The predicted octanol–water partition coefficient (Wildman–Crippen LogP) is 1.56. The molecule has 0 aliphatic rings. The Morgan fingerprint density at radius 1 is 1.50 bits per heavy atom. The number of rotatable bonds is 6. The number of nitrogens with one attached hydrogen (secondary N) is 1. The SMILES string of the molecule is CS[C@@H](CO)[C@H](C)NC(=O)CCC(F)(F)F. The Bertz CT molecular complexity index is 219. The van der Waals surface area contributed by atoms with Crippen LogP contribution in [0.3, 0.4) is 0 Å². The molecule has 1 amide bonds. The summed E-state index contributed by atoms with van der Waals surface area (Å²) >= 11 is 1.36. The van der Waals surface area contributed by atoms with Crippen molar-refractivity contribution in [2.75, 3.05) is 12.9 Å². The van der Waals surface area contributed by atoms with Crippen LogP contribution < -0.4 is 5.32 Å². The monoisotopic (exact) mass is 259 g/mol.